The van der Waals surface area contributed by atoms with E-state index in [0.717, 1.165) is 12.1 Å². The predicted octanol–water partition coefficient (Wildman–Crippen LogP) is 2.85. The lowest BCUT2D eigenvalue weighted by atomic mass is 10.1. The highest BCUT2D eigenvalue weighted by Gasteiger charge is 2.37. The zero-order valence-corrected chi connectivity index (χ0v) is 18.5. The zero-order valence-electron chi connectivity index (χ0n) is 17.7. The number of likely N-dealkylation sites (N-methyl/N-ethyl adjacent to an activating group) is 1. The first kappa shape index (κ1) is 23.9. The number of amides is 3. The van der Waals surface area contributed by atoms with Crippen molar-refractivity contribution in [1.29, 1.82) is 0 Å². The first-order valence-corrected chi connectivity index (χ1v) is 10.1. The second-order valence-corrected chi connectivity index (χ2v) is 7.82. The SMILES string of the molecule is COc1ccc(Cl)cc1NC(=O)CN(C)C(=O)C1CC(=O)N(c2ccc(F)c([N+](=O)[O-])c2)C1. The summed E-state index contributed by atoms with van der Waals surface area (Å²) in [5.41, 5.74) is -0.298. The lowest BCUT2D eigenvalue weighted by Crippen LogP contribution is -2.39. The van der Waals surface area contributed by atoms with Crippen molar-refractivity contribution in [3.63, 3.8) is 0 Å². The molecule has 0 bridgehead atoms. The summed E-state index contributed by atoms with van der Waals surface area (Å²) >= 11 is 5.95. The highest BCUT2D eigenvalue weighted by Crippen LogP contribution is 2.30. The van der Waals surface area contributed by atoms with Crippen LogP contribution in [0.1, 0.15) is 6.42 Å². The van der Waals surface area contributed by atoms with E-state index in [-0.39, 0.29) is 25.2 Å². The molecule has 1 aliphatic rings. The third-order valence-electron chi connectivity index (χ3n) is 5.10. The van der Waals surface area contributed by atoms with Gasteiger partial charge in [0.25, 0.3) is 0 Å². The molecule has 2 aromatic carbocycles. The van der Waals surface area contributed by atoms with Crippen molar-refractivity contribution < 1.29 is 28.4 Å². The third kappa shape index (κ3) is 5.37. The van der Waals surface area contributed by atoms with E-state index in [1.165, 1.54) is 36.1 Å². The fourth-order valence-corrected chi connectivity index (χ4v) is 3.68. The van der Waals surface area contributed by atoms with Gasteiger partial charge in [-0.05, 0) is 30.3 Å². The second-order valence-electron chi connectivity index (χ2n) is 7.39. The van der Waals surface area contributed by atoms with Crippen LogP contribution in [0.3, 0.4) is 0 Å². The van der Waals surface area contributed by atoms with Gasteiger partial charge in [0.15, 0.2) is 0 Å². The quantitative estimate of drug-likeness (QED) is 0.482. The Morgan fingerprint density at radius 2 is 2.06 bits per heavy atom. The molecule has 1 unspecified atom stereocenters. The molecule has 3 rings (SSSR count). The Labute approximate surface area is 193 Å². The number of anilines is 2. The Hall–Kier alpha value is -3.73. The van der Waals surface area contributed by atoms with Crippen LogP contribution in [-0.2, 0) is 14.4 Å². The molecule has 1 aliphatic heterocycles. The standard InChI is InChI=1S/C21H20ClFN4O6/c1-25(11-19(28)24-16-8-13(22)3-6-18(16)33-2)21(30)12-7-20(29)26(10-12)14-4-5-15(23)17(9-14)27(31)32/h3-6,8-9,12H,7,10-11H2,1-2H3,(H,24,28). The Morgan fingerprint density at radius 1 is 1.33 bits per heavy atom. The number of ether oxygens (including phenoxy) is 1. The number of rotatable bonds is 7. The van der Waals surface area contributed by atoms with Gasteiger partial charge in [0.05, 0.1) is 35.9 Å². The topological polar surface area (TPSA) is 122 Å². The normalized spacial score (nSPS) is 15.3. The molecule has 33 heavy (non-hydrogen) atoms. The molecular formula is C21H20ClFN4O6. The lowest BCUT2D eigenvalue weighted by Gasteiger charge is -2.21. The fourth-order valence-electron chi connectivity index (χ4n) is 3.50. The van der Waals surface area contributed by atoms with Crippen LogP contribution in [0.25, 0.3) is 0 Å². The molecule has 1 atom stereocenters. The third-order valence-corrected chi connectivity index (χ3v) is 5.34. The molecule has 0 aromatic heterocycles. The maximum absolute atomic E-state index is 13.6. The molecule has 174 valence electrons. The van der Waals surface area contributed by atoms with Gasteiger partial charge in [0.1, 0.15) is 5.75 Å². The van der Waals surface area contributed by atoms with Crippen molar-refractivity contribution in [3.05, 3.63) is 57.4 Å². The molecule has 3 amide bonds. The van der Waals surface area contributed by atoms with E-state index in [1.807, 2.05) is 0 Å². The van der Waals surface area contributed by atoms with Gasteiger partial charge in [0.2, 0.25) is 23.5 Å². The van der Waals surface area contributed by atoms with E-state index >= 15 is 0 Å². The van der Waals surface area contributed by atoms with Gasteiger partial charge in [-0.2, -0.15) is 4.39 Å². The minimum atomic E-state index is -1.02. The number of nitrogens with one attached hydrogen (secondary N) is 1. The lowest BCUT2D eigenvalue weighted by molar-refractivity contribution is -0.387. The number of nitro benzene ring substituents is 1. The number of carbonyl (C=O) groups is 3. The molecule has 2 aromatic rings. The number of carbonyl (C=O) groups excluding carboxylic acids is 3. The number of nitrogens with zero attached hydrogens (tertiary/aromatic N) is 3. The van der Waals surface area contributed by atoms with Crippen LogP contribution in [0.2, 0.25) is 5.02 Å². The number of methoxy groups -OCH3 is 1. The largest absolute Gasteiger partial charge is 0.495 e. The van der Waals surface area contributed by atoms with Crippen LogP contribution in [0.4, 0.5) is 21.5 Å². The minimum absolute atomic E-state index is 0.0471. The van der Waals surface area contributed by atoms with Crippen molar-refractivity contribution >= 4 is 46.4 Å². The van der Waals surface area contributed by atoms with Crippen molar-refractivity contribution in [2.75, 3.05) is 37.5 Å². The summed E-state index contributed by atoms with van der Waals surface area (Å²) in [7, 11) is 2.86. The van der Waals surface area contributed by atoms with Crippen LogP contribution in [-0.4, -0.2) is 54.8 Å². The smallest absolute Gasteiger partial charge is 0.306 e. The van der Waals surface area contributed by atoms with E-state index in [2.05, 4.69) is 5.32 Å². The maximum atomic E-state index is 13.6. The summed E-state index contributed by atoms with van der Waals surface area (Å²) in [6.07, 6.45) is -0.141. The Kier molecular flexibility index (Phi) is 7.12. The molecule has 0 radical (unpaired) electrons. The fraction of sp³-hybridized carbons (Fsp3) is 0.286. The van der Waals surface area contributed by atoms with Gasteiger partial charge in [-0.3, -0.25) is 24.5 Å². The number of hydrogen-bond acceptors (Lipinski definition) is 6. The monoisotopic (exact) mass is 478 g/mol. The number of halogens is 2. The predicted molar refractivity (Wildman–Crippen MR) is 118 cm³/mol. The highest BCUT2D eigenvalue weighted by atomic mass is 35.5. The summed E-state index contributed by atoms with van der Waals surface area (Å²) in [5, 5.41) is 14.0. The average molecular weight is 479 g/mol. The Balaban J connectivity index is 1.65. The van der Waals surface area contributed by atoms with Crippen molar-refractivity contribution in [1.82, 2.24) is 4.90 Å². The number of hydrogen-bond donors (Lipinski definition) is 1. The first-order chi connectivity index (χ1) is 15.6. The number of benzene rings is 2. The van der Waals surface area contributed by atoms with Crippen LogP contribution in [0.5, 0.6) is 5.75 Å². The molecule has 1 heterocycles. The summed E-state index contributed by atoms with van der Waals surface area (Å²) < 4.78 is 18.8. The highest BCUT2D eigenvalue weighted by molar-refractivity contribution is 6.31. The summed E-state index contributed by atoms with van der Waals surface area (Å²) in [6, 6.07) is 7.79. The zero-order chi connectivity index (χ0) is 24.3. The van der Waals surface area contributed by atoms with Crippen LogP contribution in [0.15, 0.2) is 36.4 Å². The van der Waals surface area contributed by atoms with Gasteiger partial charge >= 0.3 is 5.69 Å². The van der Waals surface area contributed by atoms with Gasteiger partial charge in [-0.15, -0.1) is 0 Å². The molecule has 1 N–H and O–H groups in total. The van der Waals surface area contributed by atoms with Gasteiger partial charge in [0, 0.05) is 31.1 Å². The molecule has 10 nitrogen and oxygen atoms in total. The molecule has 0 spiro atoms. The molecular weight excluding hydrogens is 459 g/mol. The van der Waals surface area contributed by atoms with E-state index < -0.39 is 40.1 Å². The van der Waals surface area contributed by atoms with Crippen LogP contribution >= 0.6 is 11.6 Å². The minimum Gasteiger partial charge on any atom is -0.495 e. The molecule has 12 heteroatoms. The number of nitro groups is 1. The van der Waals surface area contributed by atoms with Gasteiger partial charge in [-0.25, -0.2) is 0 Å². The van der Waals surface area contributed by atoms with E-state index in [1.54, 1.807) is 12.1 Å². The van der Waals surface area contributed by atoms with E-state index in [9.17, 15) is 28.9 Å². The second kappa shape index (κ2) is 9.82. The summed E-state index contributed by atoms with van der Waals surface area (Å²) in [5.74, 6) is -2.77. The first-order valence-electron chi connectivity index (χ1n) is 9.73. The van der Waals surface area contributed by atoms with Crippen molar-refractivity contribution in [2.24, 2.45) is 5.92 Å². The van der Waals surface area contributed by atoms with E-state index in [4.69, 9.17) is 16.3 Å². The van der Waals surface area contributed by atoms with Crippen molar-refractivity contribution in [2.45, 2.75) is 6.42 Å². The summed E-state index contributed by atoms with van der Waals surface area (Å²) in [4.78, 5) is 50.1. The maximum Gasteiger partial charge on any atom is 0.306 e. The van der Waals surface area contributed by atoms with E-state index in [0.29, 0.717) is 16.5 Å². The average Bonchev–Trinajstić information content (AvgIpc) is 3.15. The van der Waals surface area contributed by atoms with Crippen molar-refractivity contribution in [3.8, 4) is 5.75 Å². The summed E-state index contributed by atoms with van der Waals surface area (Å²) in [6.45, 7) is -0.338. The van der Waals surface area contributed by atoms with Gasteiger partial charge in [-0.1, -0.05) is 11.6 Å². The Bertz CT molecular complexity index is 1130. The van der Waals surface area contributed by atoms with Crippen LogP contribution < -0.4 is 15.0 Å². The Morgan fingerprint density at radius 3 is 2.73 bits per heavy atom. The van der Waals surface area contributed by atoms with Crippen LogP contribution in [0, 0.1) is 21.8 Å². The van der Waals surface area contributed by atoms with Gasteiger partial charge < -0.3 is 19.9 Å². The molecule has 1 saturated heterocycles. The molecule has 1 fully saturated rings. The molecule has 0 aliphatic carbocycles. The molecule has 0 saturated carbocycles.